The second-order valence-corrected chi connectivity index (χ2v) is 6.40. The Bertz CT molecular complexity index is 892. The number of imide groups is 1. The van der Waals surface area contributed by atoms with Crippen molar-refractivity contribution in [3.63, 3.8) is 0 Å². The lowest BCUT2D eigenvalue weighted by molar-refractivity contribution is -0.123. The highest BCUT2D eigenvalue weighted by Crippen LogP contribution is 2.28. The number of hydrogen-bond acceptors (Lipinski definition) is 5. The minimum Gasteiger partial charge on any atom is -0.451 e. The van der Waals surface area contributed by atoms with Crippen molar-refractivity contribution in [2.75, 3.05) is 13.2 Å². The summed E-state index contributed by atoms with van der Waals surface area (Å²) in [6.45, 7) is 1.73. The van der Waals surface area contributed by atoms with E-state index in [9.17, 15) is 18.8 Å². The average Bonchev–Trinajstić information content (AvgIpc) is 3.28. The van der Waals surface area contributed by atoms with Crippen LogP contribution in [0.5, 0.6) is 0 Å². The third-order valence-corrected chi connectivity index (χ3v) is 4.32. The van der Waals surface area contributed by atoms with Crippen LogP contribution >= 0.6 is 0 Å². The van der Waals surface area contributed by atoms with Crippen LogP contribution in [0, 0.1) is 5.82 Å². The molecule has 0 saturated heterocycles. The van der Waals surface area contributed by atoms with Gasteiger partial charge in [-0.05, 0) is 49.9 Å². The van der Waals surface area contributed by atoms with Crippen LogP contribution in [0.2, 0.25) is 0 Å². The summed E-state index contributed by atoms with van der Waals surface area (Å²) >= 11 is 0. The molecule has 0 spiro atoms. The van der Waals surface area contributed by atoms with Gasteiger partial charge in [-0.25, -0.2) is 18.7 Å². The molecule has 0 atom stereocenters. The van der Waals surface area contributed by atoms with Gasteiger partial charge in [-0.3, -0.25) is 10.1 Å². The summed E-state index contributed by atoms with van der Waals surface area (Å²) in [5, 5.41) is 8.89. The van der Waals surface area contributed by atoms with Crippen LogP contribution in [-0.4, -0.2) is 40.8 Å². The first-order chi connectivity index (χ1) is 13.5. The second-order valence-electron chi connectivity index (χ2n) is 6.40. The number of carbonyl (C=O) groups excluding carboxylic acids is 3. The number of amides is 3. The quantitative estimate of drug-likeness (QED) is 0.736. The van der Waals surface area contributed by atoms with E-state index in [4.69, 9.17) is 4.74 Å². The van der Waals surface area contributed by atoms with Gasteiger partial charge in [0.2, 0.25) is 0 Å². The zero-order chi connectivity index (χ0) is 20.1. The number of aromatic nitrogens is 2. The van der Waals surface area contributed by atoms with Crippen molar-refractivity contribution < 1.29 is 23.5 Å². The summed E-state index contributed by atoms with van der Waals surface area (Å²) < 4.78 is 19.8. The van der Waals surface area contributed by atoms with Gasteiger partial charge in [0.15, 0.2) is 12.3 Å². The lowest BCUT2D eigenvalue weighted by atomic mass is 10.2. The number of fused-ring (bicyclic) bond motifs is 1. The van der Waals surface area contributed by atoms with Crippen molar-refractivity contribution in [1.29, 1.82) is 0 Å². The maximum Gasteiger partial charge on any atom is 0.359 e. The molecule has 0 unspecified atom stereocenters. The third kappa shape index (κ3) is 4.36. The molecule has 0 radical (unpaired) electrons. The molecule has 3 rings (SSSR count). The van der Waals surface area contributed by atoms with Gasteiger partial charge in [0, 0.05) is 17.8 Å². The number of nitrogens with zero attached hydrogens (tertiary/aromatic N) is 2. The fraction of sp³-hybridized carbons (Fsp3) is 0.368. The highest BCUT2D eigenvalue weighted by molar-refractivity contribution is 5.97. The number of halogens is 1. The Balaban J connectivity index is 1.67. The molecule has 1 aromatic heterocycles. The molecule has 2 N–H and O–H groups in total. The predicted octanol–water partition coefficient (Wildman–Crippen LogP) is 1.89. The SMILES string of the molecule is CCCNC(=O)NC(=O)COC(=O)c1nn(-c2ccc(F)cc2)c2c1CCC2. The molecule has 0 bridgehead atoms. The van der Waals surface area contributed by atoms with Crippen molar-refractivity contribution in [1.82, 2.24) is 20.4 Å². The summed E-state index contributed by atoms with van der Waals surface area (Å²) in [5.41, 5.74) is 2.43. The molecule has 1 heterocycles. The minimum atomic E-state index is -0.733. The zero-order valence-electron chi connectivity index (χ0n) is 15.5. The molecule has 8 nitrogen and oxygen atoms in total. The van der Waals surface area contributed by atoms with E-state index in [1.54, 1.807) is 16.8 Å². The van der Waals surface area contributed by atoms with E-state index in [2.05, 4.69) is 15.7 Å². The Hall–Kier alpha value is -3.23. The molecule has 0 aliphatic heterocycles. The van der Waals surface area contributed by atoms with Crippen LogP contribution in [0.4, 0.5) is 9.18 Å². The summed E-state index contributed by atoms with van der Waals surface area (Å²) in [7, 11) is 0. The maximum absolute atomic E-state index is 13.2. The number of benzene rings is 1. The van der Waals surface area contributed by atoms with E-state index in [0.29, 0.717) is 18.7 Å². The Morgan fingerprint density at radius 3 is 2.68 bits per heavy atom. The van der Waals surface area contributed by atoms with Gasteiger partial charge < -0.3 is 10.1 Å². The Labute approximate surface area is 161 Å². The molecule has 1 aliphatic carbocycles. The van der Waals surface area contributed by atoms with E-state index >= 15 is 0 Å². The molecule has 0 saturated carbocycles. The zero-order valence-corrected chi connectivity index (χ0v) is 15.5. The van der Waals surface area contributed by atoms with E-state index in [1.165, 1.54) is 12.1 Å². The van der Waals surface area contributed by atoms with E-state index in [0.717, 1.165) is 30.5 Å². The standard InChI is InChI=1S/C19H21FN4O4/c1-2-10-21-19(27)22-16(25)11-28-18(26)17-14-4-3-5-15(14)24(23-17)13-8-6-12(20)7-9-13/h6-9H,2-5,10-11H2,1H3,(H2,21,22,25,27). The van der Waals surface area contributed by atoms with Crippen LogP contribution in [0.1, 0.15) is 41.5 Å². The number of urea groups is 1. The number of nitrogens with one attached hydrogen (secondary N) is 2. The lowest BCUT2D eigenvalue weighted by Crippen LogP contribution is -2.41. The van der Waals surface area contributed by atoms with Crippen molar-refractivity contribution in [3.8, 4) is 5.69 Å². The maximum atomic E-state index is 13.2. The van der Waals surface area contributed by atoms with Gasteiger partial charge in [0.1, 0.15) is 5.82 Å². The van der Waals surface area contributed by atoms with E-state index < -0.39 is 24.5 Å². The Morgan fingerprint density at radius 1 is 1.21 bits per heavy atom. The molecule has 2 aromatic rings. The minimum absolute atomic E-state index is 0.139. The second kappa shape index (κ2) is 8.64. The topological polar surface area (TPSA) is 102 Å². The van der Waals surface area contributed by atoms with Crippen LogP contribution < -0.4 is 10.6 Å². The molecular formula is C19H21FN4O4. The van der Waals surface area contributed by atoms with Gasteiger partial charge >= 0.3 is 12.0 Å². The van der Waals surface area contributed by atoms with Gasteiger partial charge in [0.05, 0.1) is 5.69 Å². The number of carbonyl (C=O) groups is 3. The van der Waals surface area contributed by atoms with E-state index in [1.807, 2.05) is 6.92 Å². The van der Waals surface area contributed by atoms with Crippen molar-refractivity contribution in [3.05, 3.63) is 47.0 Å². The smallest absolute Gasteiger partial charge is 0.359 e. The fourth-order valence-corrected chi connectivity index (χ4v) is 3.04. The first-order valence-corrected chi connectivity index (χ1v) is 9.11. The molecule has 1 aromatic carbocycles. The number of rotatable bonds is 6. The molecular weight excluding hydrogens is 367 g/mol. The first kappa shape index (κ1) is 19.5. The van der Waals surface area contributed by atoms with Crippen LogP contribution in [0.15, 0.2) is 24.3 Å². The fourth-order valence-electron chi connectivity index (χ4n) is 3.04. The molecule has 28 heavy (non-hydrogen) atoms. The number of esters is 1. The van der Waals surface area contributed by atoms with Gasteiger partial charge in [-0.2, -0.15) is 5.10 Å². The summed E-state index contributed by atoms with van der Waals surface area (Å²) in [6.07, 6.45) is 3.02. The molecule has 148 valence electrons. The first-order valence-electron chi connectivity index (χ1n) is 9.11. The summed E-state index contributed by atoms with van der Waals surface area (Å²) in [6, 6.07) is 5.18. The summed E-state index contributed by atoms with van der Waals surface area (Å²) in [4.78, 5) is 35.6. The number of hydrogen-bond donors (Lipinski definition) is 2. The monoisotopic (exact) mass is 388 g/mol. The summed E-state index contributed by atoms with van der Waals surface area (Å²) in [5.74, 6) is -1.82. The normalized spacial score (nSPS) is 12.4. The Morgan fingerprint density at radius 2 is 1.96 bits per heavy atom. The van der Waals surface area contributed by atoms with E-state index in [-0.39, 0.29) is 11.5 Å². The lowest BCUT2D eigenvalue weighted by Gasteiger charge is -2.06. The predicted molar refractivity (Wildman–Crippen MR) is 97.7 cm³/mol. The Kier molecular flexibility index (Phi) is 6.03. The number of ether oxygens (including phenoxy) is 1. The van der Waals surface area contributed by atoms with Gasteiger partial charge in [-0.1, -0.05) is 6.92 Å². The van der Waals surface area contributed by atoms with Crippen LogP contribution in [0.3, 0.4) is 0 Å². The molecule has 0 fully saturated rings. The molecule has 3 amide bonds. The van der Waals surface area contributed by atoms with Crippen molar-refractivity contribution in [2.24, 2.45) is 0 Å². The van der Waals surface area contributed by atoms with Crippen LogP contribution in [-0.2, 0) is 22.4 Å². The highest BCUT2D eigenvalue weighted by Gasteiger charge is 2.28. The van der Waals surface area contributed by atoms with Gasteiger partial charge in [-0.15, -0.1) is 0 Å². The third-order valence-electron chi connectivity index (χ3n) is 4.32. The van der Waals surface area contributed by atoms with Crippen molar-refractivity contribution >= 4 is 17.9 Å². The van der Waals surface area contributed by atoms with Gasteiger partial charge in [0.25, 0.3) is 5.91 Å². The van der Waals surface area contributed by atoms with Crippen molar-refractivity contribution in [2.45, 2.75) is 32.6 Å². The molecule has 9 heteroatoms. The van der Waals surface area contributed by atoms with Crippen LogP contribution in [0.25, 0.3) is 5.69 Å². The highest BCUT2D eigenvalue weighted by atomic mass is 19.1. The average molecular weight is 388 g/mol. The molecule has 1 aliphatic rings. The largest absolute Gasteiger partial charge is 0.451 e.